The van der Waals surface area contributed by atoms with Gasteiger partial charge in [-0.15, -0.1) is 0 Å². The number of carbonyl (C=O) groups excluding carboxylic acids is 2. The van der Waals surface area contributed by atoms with Gasteiger partial charge in [0.05, 0.1) is 11.8 Å². The van der Waals surface area contributed by atoms with E-state index < -0.39 is 17.8 Å². The van der Waals surface area contributed by atoms with Crippen LogP contribution in [0.4, 0.5) is 13.2 Å². The SMILES string of the molecule is O=C(NC1CCN(Cc2cccc(C(F)(F)F)c2)CC1)C1CCCN1C(=O)c1ccco1. The molecule has 0 aliphatic carbocycles. The topological polar surface area (TPSA) is 65.8 Å². The molecule has 0 radical (unpaired) electrons. The van der Waals surface area contributed by atoms with Crippen molar-refractivity contribution in [1.82, 2.24) is 15.1 Å². The standard InChI is InChI=1S/C23H26F3N3O3/c24-23(25,26)17-5-1-4-16(14-17)15-28-11-8-18(9-12-28)27-21(30)19-6-2-10-29(19)22(31)20-7-3-13-32-20/h1,3-5,7,13-14,18-19H,2,6,8-12,15H2,(H,27,30). The number of hydrogen-bond acceptors (Lipinski definition) is 4. The summed E-state index contributed by atoms with van der Waals surface area (Å²) in [5.74, 6) is -0.199. The Morgan fingerprint density at radius 2 is 1.84 bits per heavy atom. The van der Waals surface area contributed by atoms with Gasteiger partial charge >= 0.3 is 6.18 Å². The molecular weight excluding hydrogens is 423 g/mol. The van der Waals surface area contributed by atoms with Crippen molar-refractivity contribution in [3.63, 3.8) is 0 Å². The van der Waals surface area contributed by atoms with Gasteiger partial charge in [0, 0.05) is 32.2 Å². The molecule has 3 heterocycles. The van der Waals surface area contributed by atoms with E-state index in [9.17, 15) is 22.8 Å². The van der Waals surface area contributed by atoms with Gasteiger partial charge in [0.2, 0.25) is 5.91 Å². The largest absolute Gasteiger partial charge is 0.459 e. The Bertz CT molecular complexity index is 937. The summed E-state index contributed by atoms with van der Waals surface area (Å²) in [6, 6.07) is 8.13. The van der Waals surface area contributed by atoms with Crippen LogP contribution in [0.2, 0.25) is 0 Å². The van der Waals surface area contributed by atoms with Crippen LogP contribution in [0, 0.1) is 0 Å². The molecule has 2 saturated heterocycles. The fraction of sp³-hybridized carbons (Fsp3) is 0.478. The number of furan rings is 1. The van der Waals surface area contributed by atoms with Crippen molar-refractivity contribution in [3.8, 4) is 0 Å². The second-order valence-corrected chi connectivity index (χ2v) is 8.39. The van der Waals surface area contributed by atoms with E-state index in [0.29, 0.717) is 51.0 Å². The molecule has 172 valence electrons. The number of likely N-dealkylation sites (tertiary alicyclic amines) is 2. The molecular formula is C23H26F3N3O3. The molecule has 1 aromatic heterocycles. The molecule has 1 aromatic carbocycles. The zero-order chi connectivity index (χ0) is 22.7. The van der Waals surface area contributed by atoms with Crippen molar-refractivity contribution >= 4 is 11.8 Å². The van der Waals surface area contributed by atoms with E-state index in [0.717, 1.165) is 12.5 Å². The molecule has 2 aliphatic heterocycles. The molecule has 4 rings (SSSR count). The van der Waals surface area contributed by atoms with E-state index in [1.807, 2.05) is 0 Å². The van der Waals surface area contributed by atoms with Gasteiger partial charge in [0.15, 0.2) is 5.76 Å². The minimum absolute atomic E-state index is 0.0126. The second-order valence-electron chi connectivity index (χ2n) is 8.39. The lowest BCUT2D eigenvalue weighted by Gasteiger charge is -2.33. The molecule has 2 fully saturated rings. The van der Waals surface area contributed by atoms with Crippen molar-refractivity contribution in [3.05, 3.63) is 59.5 Å². The quantitative estimate of drug-likeness (QED) is 0.756. The Labute approximate surface area is 184 Å². The smallest absolute Gasteiger partial charge is 0.416 e. The molecule has 32 heavy (non-hydrogen) atoms. The highest BCUT2D eigenvalue weighted by Crippen LogP contribution is 2.30. The van der Waals surface area contributed by atoms with Crippen molar-refractivity contribution in [2.75, 3.05) is 19.6 Å². The first kappa shape index (κ1) is 22.4. The summed E-state index contributed by atoms with van der Waals surface area (Å²) in [5, 5.41) is 3.07. The number of benzene rings is 1. The van der Waals surface area contributed by atoms with Crippen LogP contribution in [0.3, 0.4) is 0 Å². The summed E-state index contributed by atoms with van der Waals surface area (Å²) in [6.07, 6.45) is -0.106. The average Bonchev–Trinajstić information content (AvgIpc) is 3.47. The molecule has 0 bridgehead atoms. The third kappa shape index (κ3) is 5.15. The highest BCUT2D eigenvalue weighted by Gasteiger charge is 2.36. The number of amides is 2. The maximum Gasteiger partial charge on any atom is 0.416 e. The Morgan fingerprint density at radius 3 is 2.53 bits per heavy atom. The van der Waals surface area contributed by atoms with Crippen molar-refractivity contribution in [2.24, 2.45) is 0 Å². The fourth-order valence-electron chi connectivity index (χ4n) is 4.46. The van der Waals surface area contributed by atoms with Gasteiger partial charge < -0.3 is 14.6 Å². The van der Waals surface area contributed by atoms with Crippen LogP contribution in [-0.2, 0) is 17.5 Å². The van der Waals surface area contributed by atoms with Crippen LogP contribution in [0.15, 0.2) is 47.1 Å². The Hall–Kier alpha value is -2.81. The molecule has 6 nitrogen and oxygen atoms in total. The molecule has 2 amide bonds. The molecule has 1 N–H and O–H groups in total. The van der Waals surface area contributed by atoms with Gasteiger partial charge in [-0.05, 0) is 49.4 Å². The minimum Gasteiger partial charge on any atom is -0.459 e. The molecule has 0 saturated carbocycles. The summed E-state index contributed by atoms with van der Waals surface area (Å²) in [6.45, 7) is 2.33. The highest BCUT2D eigenvalue weighted by atomic mass is 19.4. The number of nitrogens with zero attached hydrogens (tertiary/aromatic N) is 2. The van der Waals surface area contributed by atoms with Crippen LogP contribution in [0.1, 0.15) is 47.4 Å². The lowest BCUT2D eigenvalue weighted by molar-refractivity contribution is -0.137. The summed E-state index contributed by atoms with van der Waals surface area (Å²) in [5.41, 5.74) is -0.0114. The molecule has 0 spiro atoms. The molecule has 2 aromatic rings. The Kier molecular flexibility index (Phi) is 6.55. The van der Waals surface area contributed by atoms with Gasteiger partial charge in [-0.25, -0.2) is 0 Å². The van der Waals surface area contributed by atoms with E-state index in [1.165, 1.54) is 18.4 Å². The first-order chi connectivity index (χ1) is 15.3. The number of alkyl halides is 3. The van der Waals surface area contributed by atoms with Gasteiger partial charge in [0.1, 0.15) is 6.04 Å². The number of hydrogen-bond donors (Lipinski definition) is 1. The predicted molar refractivity (Wildman–Crippen MR) is 111 cm³/mol. The van der Waals surface area contributed by atoms with Crippen molar-refractivity contribution in [2.45, 2.75) is 50.5 Å². The Balaban J connectivity index is 1.28. The van der Waals surface area contributed by atoms with Crippen molar-refractivity contribution < 1.29 is 27.2 Å². The van der Waals surface area contributed by atoms with Crippen LogP contribution in [0.5, 0.6) is 0 Å². The zero-order valence-corrected chi connectivity index (χ0v) is 17.6. The monoisotopic (exact) mass is 449 g/mol. The lowest BCUT2D eigenvalue weighted by Crippen LogP contribution is -2.51. The first-order valence-corrected chi connectivity index (χ1v) is 10.8. The summed E-state index contributed by atoms with van der Waals surface area (Å²) in [4.78, 5) is 29.1. The van der Waals surface area contributed by atoms with E-state index in [4.69, 9.17) is 4.42 Å². The summed E-state index contributed by atoms with van der Waals surface area (Å²) >= 11 is 0. The summed E-state index contributed by atoms with van der Waals surface area (Å²) in [7, 11) is 0. The molecule has 1 atom stereocenters. The fourth-order valence-corrected chi connectivity index (χ4v) is 4.46. The maximum absolute atomic E-state index is 12.9. The van der Waals surface area contributed by atoms with Crippen LogP contribution in [-0.4, -0.2) is 53.3 Å². The Morgan fingerprint density at radius 1 is 1.06 bits per heavy atom. The van der Waals surface area contributed by atoms with Crippen LogP contribution >= 0.6 is 0 Å². The number of rotatable bonds is 5. The van der Waals surface area contributed by atoms with E-state index in [-0.39, 0.29) is 23.6 Å². The normalized spacial score (nSPS) is 20.5. The van der Waals surface area contributed by atoms with E-state index in [1.54, 1.807) is 23.1 Å². The number of piperidine rings is 1. The molecule has 2 aliphatic rings. The highest BCUT2D eigenvalue weighted by molar-refractivity contribution is 5.96. The zero-order valence-electron chi connectivity index (χ0n) is 17.6. The third-order valence-corrected chi connectivity index (χ3v) is 6.14. The van der Waals surface area contributed by atoms with Gasteiger partial charge in [-0.3, -0.25) is 14.5 Å². The third-order valence-electron chi connectivity index (χ3n) is 6.14. The van der Waals surface area contributed by atoms with E-state index >= 15 is 0 Å². The van der Waals surface area contributed by atoms with Crippen LogP contribution < -0.4 is 5.32 Å². The lowest BCUT2D eigenvalue weighted by atomic mass is 10.0. The number of carbonyl (C=O) groups is 2. The minimum atomic E-state index is -4.35. The first-order valence-electron chi connectivity index (χ1n) is 10.8. The second kappa shape index (κ2) is 9.36. The van der Waals surface area contributed by atoms with Gasteiger partial charge in [-0.2, -0.15) is 13.2 Å². The van der Waals surface area contributed by atoms with E-state index in [2.05, 4.69) is 10.2 Å². The van der Waals surface area contributed by atoms with Crippen molar-refractivity contribution in [1.29, 1.82) is 0 Å². The van der Waals surface area contributed by atoms with Gasteiger partial charge in [-0.1, -0.05) is 18.2 Å². The average molecular weight is 449 g/mol. The summed E-state index contributed by atoms with van der Waals surface area (Å²) < 4.78 is 43.9. The van der Waals surface area contributed by atoms with Gasteiger partial charge in [0.25, 0.3) is 5.91 Å². The van der Waals surface area contributed by atoms with Crippen LogP contribution in [0.25, 0.3) is 0 Å². The predicted octanol–water partition coefficient (Wildman–Crippen LogP) is 3.68. The molecule has 9 heteroatoms. The molecule has 1 unspecified atom stereocenters. The maximum atomic E-state index is 12.9. The number of nitrogens with one attached hydrogen (secondary N) is 1. The number of halogens is 3.